The number of alkyl carbamates (subject to hydrolysis) is 1. The highest BCUT2D eigenvalue weighted by molar-refractivity contribution is 5.91. The summed E-state index contributed by atoms with van der Waals surface area (Å²) in [5.41, 5.74) is -0.720. The molecule has 0 aliphatic carbocycles. The number of ether oxygens (including phenoxy) is 1. The van der Waals surface area contributed by atoms with Crippen molar-refractivity contribution in [2.45, 2.75) is 84.6 Å². The fraction of sp³-hybridized carbons (Fsp3) is 0.810. The summed E-state index contributed by atoms with van der Waals surface area (Å²) in [6.07, 6.45) is -0.898. The average Bonchev–Trinajstić information content (AvgIpc) is 2.61. The van der Waals surface area contributed by atoms with Gasteiger partial charge in [0.05, 0.1) is 12.6 Å². The number of carbonyl (C=O) groups excluding carboxylic acids is 4. The molecule has 4 amide bonds. The van der Waals surface area contributed by atoms with E-state index in [2.05, 4.69) is 16.0 Å². The van der Waals surface area contributed by atoms with Gasteiger partial charge in [0.25, 0.3) is 5.91 Å². The van der Waals surface area contributed by atoms with Crippen LogP contribution in [-0.2, 0) is 19.1 Å². The molecule has 0 saturated carbocycles. The predicted octanol–water partition coefficient (Wildman–Crippen LogP) is 0.776. The minimum atomic E-state index is -1.56. The first kappa shape index (κ1) is 28.6. The molecule has 1 unspecified atom stereocenters. The molecule has 0 aromatic heterocycles. The Morgan fingerprint density at radius 1 is 1.06 bits per heavy atom. The Morgan fingerprint density at radius 2 is 1.65 bits per heavy atom. The fourth-order valence-electron chi connectivity index (χ4n) is 2.78. The number of likely N-dealkylation sites (N-methyl/N-ethyl adjacent to an activating group) is 1. The molecule has 0 bridgehead atoms. The van der Waals surface area contributed by atoms with Crippen LogP contribution in [0.5, 0.6) is 0 Å². The molecular formula is C21H40N4O6. The van der Waals surface area contributed by atoms with Crippen LogP contribution in [0.25, 0.3) is 0 Å². The van der Waals surface area contributed by atoms with Crippen molar-refractivity contribution in [1.82, 2.24) is 20.9 Å². The Morgan fingerprint density at radius 3 is 2.10 bits per heavy atom. The van der Waals surface area contributed by atoms with Gasteiger partial charge in [0, 0.05) is 14.1 Å². The van der Waals surface area contributed by atoms with Gasteiger partial charge in [0.15, 0.2) is 6.10 Å². The molecule has 4 N–H and O–H groups in total. The molecule has 0 heterocycles. The van der Waals surface area contributed by atoms with Crippen molar-refractivity contribution in [2.75, 3.05) is 20.6 Å². The quantitative estimate of drug-likeness (QED) is 0.372. The lowest BCUT2D eigenvalue weighted by molar-refractivity contribution is -0.135. The van der Waals surface area contributed by atoms with Gasteiger partial charge in [-0.3, -0.25) is 14.4 Å². The molecule has 0 aliphatic heterocycles. The van der Waals surface area contributed by atoms with Gasteiger partial charge < -0.3 is 30.7 Å². The summed E-state index contributed by atoms with van der Waals surface area (Å²) >= 11 is 0. The van der Waals surface area contributed by atoms with Crippen LogP contribution >= 0.6 is 0 Å². The van der Waals surface area contributed by atoms with Gasteiger partial charge in [-0.15, -0.1) is 0 Å². The molecule has 10 nitrogen and oxygen atoms in total. The molecule has 0 fully saturated rings. The van der Waals surface area contributed by atoms with Crippen LogP contribution in [0.2, 0.25) is 0 Å². The maximum atomic E-state index is 12.3. The third kappa shape index (κ3) is 12.2. The van der Waals surface area contributed by atoms with E-state index in [9.17, 15) is 24.3 Å². The van der Waals surface area contributed by atoms with Gasteiger partial charge in [0.1, 0.15) is 11.6 Å². The van der Waals surface area contributed by atoms with E-state index in [0.717, 1.165) is 0 Å². The molecule has 0 aromatic rings. The molecule has 31 heavy (non-hydrogen) atoms. The number of aliphatic hydroxyl groups excluding tert-OH is 1. The zero-order chi connectivity index (χ0) is 24.4. The topological polar surface area (TPSA) is 137 Å². The Kier molecular flexibility index (Phi) is 12.1. The van der Waals surface area contributed by atoms with E-state index in [1.807, 2.05) is 20.8 Å². The molecule has 0 saturated heterocycles. The van der Waals surface area contributed by atoms with Gasteiger partial charge >= 0.3 is 6.09 Å². The number of amides is 4. The first-order valence-electron chi connectivity index (χ1n) is 10.6. The highest BCUT2D eigenvalue weighted by Crippen LogP contribution is 2.10. The molecule has 3 atom stereocenters. The highest BCUT2D eigenvalue weighted by atomic mass is 16.6. The van der Waals surface area contributed by atoms with Crippen LogP contribution < -0.4 is 16.0 Å². The van der Waals surface area contributed by atoms with Crippen LogP contribution in [0.1, 0.15) is 60.8 Å². The smallest absolute Gasteiger partial charge is 0.407 e. The summed E-state index contributed by atoms with van der Waals surface area (Å²) in [4.78, 5) is 50.2. The lowest BCUT2D eigenvalue weighted by atomic mass is 10.0. The van der Waals surface area contributed by atoms with Crippen molar-refractivity contribution >= 4 is 23.8 Å². The third-order valence-electron chi connectivity index (χ3n) is 4.16. The van der Waals surface area contributed by atoms with Crippen LogP contribution in [0.3, 0.4) is 0 Å². The average molecular weight is 445 g/mol. The van der Waals surface area contributed by atoms with Crippen LogP contribution in [-0.4, -0.2) is 78.3 Å². The monoisotopic (exact) mass is 444 g/mol. The van der Waals surface area contributed by atoms with Crippen molar-refractivity contribution in [1.29, 1.82) is 0 Å². The van der Waals surface area contributed by atoms with Crippen molar-refractivity contribution in [2.24, 2.45) is 5.92 Å². The molecule has 0 rings (SSSR count). The molecule has 180 valence electrons. The van der Waals surface area contributed by atoms with Crippen molar-refractivity contribution < 1.29 is 29.0 Å². The summed E-state index contributed by atoms with van der Waals surface area (Å²) in [7, 11) is 3.21. The summed E-state index contributed by atoms with van der Waals surface area (Å²) < 4.78 is 5.17. The van der Waals surface area contributed by atoms with Crippen molar-refractivity contribution in [3.63, 3.8) is 0 Å². The summed E-state index contributed by atoms with van der Waals surface area (Å²) in [6.45, 7) is 10.4. The van der Waals surface area contributed by atoms with E-state index in [1.165, 1.54) is 4.90 Å². The maximum Gasteiger partial charge on any atom is 0.407 e. The van der Waals surface area contributed by atoms with E-state index < -0.39 is 48.2 Å². The van der Waals surface area contributed by atoms with E-state index in [4.69, 9.17) is 4.74 Å². The third-order valence-corrected chi connectivity index (χ3v) is 4.16. The second-order valence-corrected chi connectivity index (χ2v) is 9.19. The van der Waals surface area contributed by atoms with Crippen LogP contribution in [0, 0.1) is 5.92 Å². The Balaban J connectivity index is 4.88. The molecule has 0 radical (unpaired) electrons. The van der Waals surface area contributed by atoms with Gasteiger partial charge in [-0.1, -0.05) is 27.2 Å². The number of rotatable bonds is 11. The number of aliphatic hydroxyl groups is 1. The van der Waals surface area contributed by atoms with E-state index in [1.54, 1.807) is 34.9 Å². The van der Waals surface area contributed by atoms with Gasteiger partial charge in [0.2, 0.25) is 11.8 Å². The summed E-state index contributed by atoms with van der Waals surface area (Å²) in [5, 5.41) is 17.8. The lowest BCUT2D eigenvalue weighted by Gasteiger charge is -2.26. The zero-order valence-corrected chi connectivity index (χ0v) is 20.1. The number of nitrogens with one attached hydrogen (secondary N) is 3. The number of nitrogens with zero attached hydrogens (tertiary/aromatic N) is 1. The van der Waals surface area contributed by atoms with E-state index in [-0.39, 0.29) is 11.8 Å². The highest BCUT2D eigenvalue weighted by Gasteiger charge is 2.29. The fourth-order valence-corrected chi connectivity index (χ4v) is 2.78. The Labute approximate surface area is 185 Å². The van der Waals surface area contributed by atoms with E-state index in [0.29, 0.717) is 19.3 Å². The van der Waals surface area contributed by atoms with E-state index >= 15 is 0 Å². The maximum absolute atomic E-state index is 12.3. The summed E-state index contributed by atoms with van der Waals surface area (Å²) in [6, 6.07) is -1.57. The van der Waals surface area contributed by atoms with Gasteiger partial charge in [-0.05, 0) is 39.5 Å². The number of hydrogen-bond acceptors (Lipinski definition) is 6. The van der Waals surface area contributed by atoms with Gasteiger partial charge in [-0.2, -0.15) is 0 Å². The molecule has 10 heteroatoms. The largest absolute Gasteiger partial charge is 0.444 e. The van der Waals surface area contributed by atoms with Crippen LogP contribution in [0.4, 0.5) is 4.79 Å². The molecule has 0 aromatic carbocycles. The van der Waals surface area contributed by atoms with Gasteiger partial charge in [-0.25, -0.2) is 4.79 Å². The Bertz CT molecular complexity index is 615. The molecule has 0 spiro atoms. The minimum absolute atomic E-state index is 0.180. The zero-order valence-electron chi connectivity index (χ0n) is 20.1. The Hall–Kier alpha value is -2.36. The number of hydrogen-bond donors (Lipinski definition) is 4. The standard InChI is InChI=1S/C21H40N4O6/c1-9-10-14(24-20(30)31-21(4,5)6)17(27)18(28)22-12-16(26)23-15(11-13(2)3)19(29)25(7)8/h13-15,17,27H,9-12H2,1-8H3,(H,22,28)(H,23,26)(H,24,30)/t14-,15-,17?/m0/s1. The summed E-state index contributed by atoms with van der Waals surface area (Å²) in [5.74, 6) is -1.41. The molecule has 0 aliphatic rings. The lowest BCUT2D eigenvalue weighted by Crippen LogP contribution is -2.54. The SMILES string of the molecule is CCC[C@H](NC(=O)OC(C)(C)C)C(O)C(=O)NCC(=O)N[C@@H](CC(C)C)C(=O)N(C)C. The first-order chi connectivity index (χ1) is 14.2. The molecular weight excluding hydrogens is 404 g/mol. The number of carbonyl (C=O) groups is 4. The second kappa shape index (κ2) is 13.1. The second-order valence-electron chi connectivity index (χ2n) is 9.19. The normalized spacial score (nSPS) is 14.3. The van der Waals surface area contributed by atoms with Crippen molar-refractivity contribution in [3.8, 4) is 0 Å². The van der Waals surface area contributed by atoms with Crippen molar-refractivity contribution in [3.05, 3.63) is 0 Å². The minimum Gasteiger partial charge on any atom is -0.444 e. The van der Waals surface area contributed by atoms with Crippen LogP contribution in [0.15, 0.2) is 0 Å². The first-order valence-corrected chi connectivity index (χ1v) is 10.6. The predicted molar refractivity (Wildman–Crippen MR) is 117 cm³/mol.